The average Bonchev–Trinajstić information content (AvgIpc) is 3.18. The summed E-state index contributed by atoms with van der Waals surface area (Å²) in [6, 6.07) is 5.22. The zero-order valence-corrected chi connectivity index (χ0v) is 18.8. The van der Waals surface area contributed by atoms with Gasteiger partial charge in [0, 0.05) is 44.2 Å². The van der Waals surface area contributed by atoms with Gasteiger partial charge in [-0.25, -0.2) is 0 Å². The van der Waals surface area contributed by atoms with Crippen LogP contribution in [-0.2, 0) is 9.59 Å². The summed E-state index contributed by atoms with van der Waals surface area (Å²) < 4.78 is 10.5. The van der Waals surface area contributed by atoms with Crippen LogP contribution in [0.5, 0.6) is 11.5 Å². The monoisotopic (exact) mass is 431 g/mol. The molecular weight excluding hydrogens is 398 g/mol. The number of ether oxygens (including phenoxy) is 2. The molecule has 170 valence electrons. The smallest absolute Gasteiger partial charge is 0.251 e. The van der Waals surface area contributed by atoms with Gasteiger partial charge >= 0.3 is 0 Å². The topological polar surface area (TPSA) is 88.2 Å². The van der Waals surface area contributed by atoms with Gasteiger partial charge in [0.05, 0.1) is 20.1 Å². The molecule has 1 unspecified atom stereocenters. The normalized spacial score (nSPS) is 19.6. The van der Waals surface area contributed by atoms with E-state index in [0.717, 1.165) is 12.8 Å². The number of amides is 3. The number of nitrogens with one attached hydrogen (secondary N) is 1. The maximum atomic E-state index is 12.8. The lowest BCUT2D eigenvalue weighted by atomic mass is 9.95. The van der Waals surface area contributed by atoms with Crippen molar-refractivity contribution in [2.45, 2.75) is 39.2 Å². The minimum atomic E-state index is -0.226. The maximum Gasteiger partial charge on any atom is 0.251 e. The lowest BCUT2D eigenvalue weighted by molar-refractivity contribution is -0.137. The van der Waals surface area contributed by atoms with E-state index in [1.165, 1.54) is 7.11 Å². The summed E-state index contributed by atoms with van der Waals surface area (Å²) in [5.41, 5.74) is 0.519. The van der Waals surface area contributed by atoms with Gasteiger partial charge < -0.3 is 24.6 Å². The second-order valence-corrected chi connectivity index (χ2v) is 8.59. The Labute approximate surface area is 183 Å². The third kappa shape index (κ3) is 5.29. The SMILES string of the molecule is COc1ccc(C(=O)NCC2CCN(C(=O)C3CC(=O)N(C(C)C)C3)CC2)cc1OC. The first-order chi connectivity index (χ1) is 14.8. The fourth-order valence-electron chi connectivity index (χ4n) is 4.33. The molecule has 2 saturated heterocycles. The molecule has 2 aliphatic heterocycles. The average molecular weight is 432 g/mol. The highest BCUT2D eigenvalue weighted by Crippen LogP contribution is 2.28. The van der Waals surface area contributed by atoms with Crippen molar-refractivity contribution in [2.24, 2.45) is 11.8 Å². The van der Waals surface area contributed by atoms with Crippen molar-refractivity contribution in [2.75, 3.05) is 40.4 Å². The van der Waals surface area contributed by atoms with E-state index in [0.29, 0.717) is 55.6 Å². The lowest BCUT2D eigenvalue weighted by Gasteiger charge is -2.33. The number of hydrogen-bond donors (Lipinski definition) is 1. The molecule has 0 spiro atoms. The first kappa shape index (κ1) is 22.9. The van der Waals surface area contributed by atoms with Gasteiger partial charge in [-0.2, -0.15) is 0 Å². The van der Waals surface area contributed by atoms with E-state index in [-0.39, 0.29) is 29.7 Å². The summed E-state index contributed by atoms with van der Waals surface area (Å²) in [6.45, 7) is 6.39. The number of rotatable bonds is 7. The molecule has 8 nitrogen and oxygen atoms in total. The fraction of sp³-hybridized carbons (Fsp3) is 0.609. The van der Waals surface area contributed by atoms with Gasteiger partial charge in [0.2, 0.25) is 11.8 Å². The van der Waals surface area contributed by atoms with Gasteiger partial charge in [0.15, 0.2) is 11.5 Å². The summed E-state index contributed by atoms with van der Waals surface area (Å²) in [5, 5.41) is 2.99. The van der Waals surface area contributed by atoms with E-state index in [1.807, 2.05) is 18.7 Å². The second-order valence-electron chi connectivity index (χ2n) is 8.59. The molecule has 2 fully saturated rings. The Bertz CT molecular complexity index is 817. The Morgan fingerprint density at radius 1 is 1.13 bits per heavy atom. The molecule has 8 heteroatoms. The van der Waals surface area contributed by atoms with Crippen molar-refractivity contribution in [1.82, 2.24) is 15.1 Å². The van der Waals surface area contributed by atoms with Crippen molar-refractivity contribution in [3.8, 4) is 11.5 Å². The quantitative estimate of drug-likeness (QED) is 0.713. The molecule has 0 aromatic heterocycles. The lowest BCUT2D eigenvalue weighted by Crippen LogP contribution is -2.44. The third-order valence-electron chi connectivity index (χ3n) is 6.25. The number of nitrogens with zero attached hydrogens (tertiary/aromatic N) is 2. The Balaban J connectivity index is 1.46. The molecule has 2 heterocycles. The van der Waals surface area contributed by atoms with Crippen LogP contribution in [0.4, 0.5) is 0 Å². The van der Waals surface area contributed by atoms with Gasteiger partial charge in [-0.3, -0.25) is 14.4 Å². The minimum Gasteiger partial charge on any atom is -0.493 e. The van der Waals surface area contributed by atoms with Crippen LogP contribution in [0.25, 0.3) is 0 Å². The Morgan fingerprint density at radius 3 is 2.39 bits per heavy atom. The summed E-state index contributed by atoms with van der Waals surface area (Å²) in [5.74, 6) is 1.20. The standard InChI is InChI=1S/C23H33N3O5/c1-15(2)26-14-18(12-21(26)27)23(29)25-9-7-16(8-10-25)13-24-22(28)17-5-6-19(30-3)20(11-17)31-4/h5-6,11,15-16,18H,7-10,12-14H2,1-4H3,(H,24,28). The Hall–Kier alpha value is -2.77. The molecule has 3 amide bonds. The fourth-order valence-corrected chi connectivity index (χ4v) is 4.33. The van der Waals surface area contributed by atoms with E-state index >= 15 is 0 Å². The van der Waals surface area contributed by atoms with Gasteiger partial charge in [0.25, 0.3) is 5.91 Å². The number of hydrogen-bond acceptors (Lipinski definition) is 5. The van der Waals surface area contributed by atoms with Crippen LogP contribution in [0.15, 0.2) is 18.2 Å². The molecule has 1 aromatic rings. The number of carbonyl (C=O) groups is 3. The van der Waals surface area contributed by atoms with E-state index < -0.39 is 0 Å². The highest BCUT2D eigenvalue weighted by molar-refractivity contribution is 5.95. The molecule has 0 radical (unpaired) electrons. The zero-order valence-electron chi connectivity index (χ0n) is 18.8. The van der Waals surface area contributed by atoms with Crippen LogP contribution in [0.1, 0.15) is 43.5 Å². The van der Waals surface area contributed by atoms with Gasteiger partial charge in [-0.15, -0.1) is 0 Å². The summed E-state index contributed by atoms with van der Waals surface area (Å²) in [4.78, 5) is 41.1. The van der Waals surface area contributed by atoms with Crippen molar-refractivity contribution < 1.29 is 23.9 Å². The highest BCUT2D eigenvalue weighted by atomic mass is 16.5. The molecule has 3 rings (SSSR count). The van der Waals surface area contributed by atoms with Crippen molar-refractivity contribution >= 4 is 17.7 Å². The second kappa shape index (κ2) is 10.0. The largest absolute Gasteiger partial charge is 0.493 e. The number of methoxy groups -OCH3 is 2. The number of piperidine rings is 1. The van der Waals surface area contributed by atoms with Crippen LogP contribution in [0.3, 0.4) is 0 Å². The highest BCUT2D eigenvalue weighted by Gasteiger charge is 2.38. The molecule has 1 aromatic carbocycles. The first-order valence-corrected chi connectivity index (χ1v) is 10.9. The molecule has 0 saturated carbocycles. The molecule has 1 N–H and O–H groups in total. The van der Waals surface area contributed by atoms with Gasteiger partial charge in [0.1, 0.15) is 0 Å². The molecule has 31 heavy (non-hydrogen) atoms. The third-order valence-corrected chi connectivity index (χ3v) is 6.25. The van der Waals surface area contributed by atoms with Crippen LogP contribution < -0.4 is 14.8 Å². The maximum absolute atomic E-state index is 12.8. The summed E-state index contributed by atoms with van der Waals surface area (Å²) in [7, 11) is 3.09. The van der Waals surface area contributed by atoms with E-state index in [1.54, 1.807) is 30.2 Å². The van der Waals surface area contributed by atoms with Crippen molar-refractivity contribution in [3.63, 3.8) is 0 Å². The molecule has 1 atom stereocenters. The molecule has 0 aliphatic carbocycles. The van der Waals surface area contributed by atoms with Crippen LogP contribution in [-0.4, -0.2) is 74.0 Å². The predicted molar refractivity (Wildman–Crippen MR) is 116 cm³/mol. The molecule has 2 aliphatic rings. The van der Waals surface area contributed by atoms with Crippen molar-refractivity contribution in [3.05, 3.63) is 23.8 Å². The van der Waals surface area contributed by atoms with E-state index in [4.69, 9.17) is 9.47 Å². The van der Waals surface area contributed by atoms with E-state index in [2.05, 4.69) is 5.32 Å². The predicted octanol–water partition coefficient (Wildman–Crippen LogP) is 1.93. The summed E-state index contributed by atoms with van der Waals surface area (Å²) >= 11 is 0. The zero-order chi connectivity index (χ0) is 22.5. The van der Waals surface area contributed by atoms with Crippen LogP contribution in [0.2, 0.25) is 0 Å². The minimum absolute atomic E-state index is 0.0705. The van der Waals surface area contributed by atoms with Crippen LogP contribution >= 0.6 is 0 Å². The first-order valence-electron chi connectivity index (χ1n) is 10.9. The van der Waals surface area contributed by atoms with E-state index in [9.17, 15) is 14.4 Å². The molecule has 0 bridgehead atoms. The van der Waals surface area contributed by atoms with Crippen molar-refractivity contribution in [1.29, 1.82) is 0 Å². The van der Waals surface area contributed by atoms with Crippen LogP contribution in [0, 0.1) is 11.8 Å². The Kier molecular flexibility index (Phi) is 7.41. The van der Waals surface area contributed by atoms with Gasteiger partial charge in [-0.05, 0) is 50.8 Å². The number of likely N-dealkylation sites (tertiary alicyclic amines) is 2. The number of benzene rings is 1. The molecular formula is C23H33N3O5. The summed E-state index contributed by atoms with van der Waals surface area (Å²) in [6.07, 6.45) is 2.00. The van der Waals surface area contributed by atoms with Gasteiger partial charge in [-0.1, -0.05) is 0 Å². The number of carbonyl (C=O) groups excluding carboxylic acids is 3. The Morgan fingerprint density at radius 2 is 1.81 bits per heavy atom.